The lowest BCUT2D eigenvalue weighted by Gasteiger charge is -2.25. The molecule has 0 aliphatic rings. The van der Waals surface area contributed by atoms with E-state index in [1.54, 1.807) is 4.90 Å². The zero-order valence-corrected chi connectivity index (χ0v) is 11.8. The molecule has 6 heteroatoms. The summed E-state index contributed by atoms with van der Waals surface area (Å²) in [5, 5.41) is 8.75. The summed E-state index contributed by atoms with van der Waals surface area (Å²) in [6.07, 6.45) is 0.770. The Labute approximate surface area is 117 Å². The third-order valence-electron chi connectivity index (χ3n) is 2.90. The molecule has 0 heterocycles. The lowest BCUT2D eigenvalue weighted by atomic mass is 10.2. The summed E-state index contributed by atoms with van der Waals surface area (Å²) in [5.41, 5.74) is 0.504. The van der Waals surface area contributed by atoms with Crippen molar-refractivity contribution in [2.75, 3.05) is 38.6 Å². The molecule has 1 aromatic carbocycles. The molecule has 1 rings (SSSR count). The molecule has 0 radical (unpaired) electrons. The molecule has 0 amide bonds. The van der Waals surface area contributed by atoms with Crippen molar-refractivity contribution in [3.63, 3.8) is 0 Å². The number of hydrogen-bond acceptors (Lipinski definition) is 3. The van der Waals surface area contributed by atoms with Gasteiger partial charge in [-0.3, -0.25) is 4.79 Å². The van der Waals surface area contributed by atoms with Gasteiger partial charge in [0.1, 0.15) is 0 Å². The van der Waals surface area contributed by atoms with Gasteiger partial charge >= 0.3 is 5.97 Å². The number of carboxylic acid groups (broad SMARTS) is 1. The average molecular weight is 286 g/mol. The van der Waals surface area contributed by atoms with Crippen LogP contribution in [0.1, 0.15) is 12.8 Å². The van der Waals surface area contributed by atoms with Crippen molar-refractivity contribution < 1.29 is 18.7 Å². The van der Waals surface area contributed by atoms with Gasteiger partial charge in [-0.25, -0.2) is 8.78 Å². The average Bonchev–Trinajstić information content (AvgIpc) is 2.36. The first-order valence-corrected chi connectivity index (χ1v) is 6.46. The summed E-state index contributed by atoms with van der Waals surface area (Å²) in [6, 6.07) is 3.63. The third kappa shape index (κ3) is 5.52. The predicted molar refractivity (Wildman–Crippen MR) is 74.0 cm³/mol. The van der Waals surface area contributed by atoms with Gasteiger partial charge < -0.3 is 14.9 Å². The van der Waals surface area contributed by atoms with Gasteiger partial charge in [0.2, 0.25) is 0 Å². The standard InChI is InChI=1S/C14H20F2N2O2/c1-17(2)7-3-8-18(9-6-14(19)20)11-4-5-12(15)13(16)10-11/h4-5,10H,3,6-9H2,1-2H3,(H,19,20). The minimum atomic E-state index is -0.921. The van der Waals surface area contributed by atoms with E-state index in [0.717, 1.165) is 25.1 Å². The van der Waals surface area contributed by atoms with Crippen molar-refractivity contribution in [2.45, 2.75) is 12.8 Å². The van der Waals surface area contributed by atoms with E-state index in [-0.39, 0.29) is 13.0 Å². The second kappa shape index (κ2) is 7.79. The molecule has 0 aliphatic heterocycles. The van der Waals surface area contributed by atoms with Crippen LogP contribution in [-0.4, -0.2) is 49.7 Å². The first-order chi connectivity index (χ1) is 9.40. The van der Waals surface area contributed by atoms with Crippen LogP contribution in [0.5, 0.6) is 0 Å². The van der Waals surface area contributed by atoms with Crippen molar-refractivity contribution in [3.8, 4) is 0 Å². The highest BCUT2D eigenvalue weighted by Crippen LogP contribution is 2.18. The van der Waals surface area contributed by atoms with Crippen LogP contribution in [0.25, 0.3) is 0 Å². The van der Waals surface area contributed by atoms with E-state index in [1.807, 2.05) is 19.0 Å². The van der Waals surface area contributed by atoms with Crippen molar-refractivity contribution in [1.82, 2.24) is 4.90 Å². The molecule has 4 nitrogen and oxygen atoms in total. The number of nitrogens with zero attached hydrogens (tertiary/aromatic N) is 2. The molecule has 112 valence electrons. The predicted octanol–water partition coefficient (Wildman–Crippen LogP) is 2.20. The minimum Gasteiger partial charge on any atom is -0.481 e. The van der Waals surface area contributed by atoms with Crippen LogP contribution in [0.4, 0.5) is 14.5 Å². The zero-order chi connectivity index (χ0) is 15.1. The molecule has 0 spiro atoms. The van der Waals surface area contributed by atoms with Crippen LogP contribution < -0.4 is 4.90 Å². The van der Waals surface area contributed by atoms with Gasteiger partial charge in [-0.1, -0.05) is 0 Å². The SMILES string of the molecule is CN(C)CCCN(CCC(=O)O)c1ccc(F)c(F)c1. The van der Waals surface area contributed by atoms with Crippen LogP contribution in [-0.2, 0) is 4.79 Å². The number of carboxylic acids is 1. The first kappa shape index (κ1) is 16.4. The Kier molecular flexibility index (Phi) is 6.38. The van der Waals surface area contributed by atoms with E-state index >= 15 is 0 Å². The molecule has 0 atom stereocenters. The van der Waals surface area contributed by atoms with E-state index in [0.29, 0.717) is 12.2 Å². The highest BCUT2D eigenvalue weighted by Gasteiger charge is 2.11. The Morgan fingerprint density at radius 1 is 1.15 bits per heavy atom. The fourth-order valence-corrected chi connectivity index (χ4v) is 1.86. The Morgan fingerprint density at radius 3 is 2.40 bits per heavy atom. The fourth-order valence-electron chi connectivity index (χ4n) is 1.86. The van der Waals surface area contributed by atoms with Gasteiger partial charge in [-0.15, -0.1) is 0 Å². The molecule has 0 bridgehead atoms. The summed E-state index contributed by atoms with van der Waals surface area (Å²) in [6.45, 7) is 1.71. The highest BCUT2D eigenvalue weighted by atomic mass is 19.2. The normalized spacial score (nSPS) is 10.8. The third-order valence-corrected chi connectivity index (χ3v) is 2.90. The number of hydrogen-bond donors (Lipinski definition) is 1. The van der Waals surface area contributed by atoms with E-state index < -0.39 is 17.6 Å². The molecule has 0 aliphatic carbocycles. The minimum absolute atomic E-state index is 0.0407. The zero-order valence-electron chi connectivity index (χ0n) is 11.8. The van der Waals surface area contributed by atoms with E-state index in [9.17, 15) is 13.6 Å². The van der Waals surface area contributed by atoms with Gasteiger partial charge in [0, 0.05) is 24.8 Å². The largest absolute Gasteiger partial charge is 0.481 e. The number of halogens is 2. The molecule has 0 saturated carbocycles. The van der Waals surface area contributed by atoms with Crippen molar-refractivity contribution in [2.24, 2.45) is 0 Å². The van der Waals surface area contributed by atoms with Crippen molar-refractivity contribution in [3.05, 3.63) is 29.8 Å². The van der Waals surface area contributed by atoms with E-state index in [4.69, 9.17) is 5.11 Å². The van der Waals surface area contributed by atoms with Gasteiger partial charge in [-0.2, -0.15) is 0 Å². The van der Waals surface area contributed by atoms with Crippen molar-refractivity contribution in [1.29, 1.82) is 0 Å². The molecule has 0 unspecified atom stereocenters. The smallest absolute Gasteiger partial charge is 0.305 e. The number of benzene rings is 1. The molecule has 0 saturated heterocycles. The highest BCUT2D eigenvalue weighted by molar-refractivity contribution is 5.67. The Bertz CT molecular complexity index is 453. The summed E-state index contributed by atoms with van der Waals surface area (Å²) < 4.78 is 26.2. The van der Waals surface area contributed by atoms with Gasteiger partial charge in [0.25, 0.3) is 0 Å². The van der Waals surface area contributed by atoms with Crippen LogP contribution in [0.15, 0.2) is 18.2 Å². The monoisotopic (exact) mass is 286 g/mol. The number of anilines is 1. The summed E-state index contributed by atoms with van der Waals surface area (Å²) in [4.78, 5) is 14.4. The maximum Gasteiger partial charge on any atom is 0.305 e. The van der Waals surface area contributed by atoms with Crippen LogP contribution in [0.3, 0.4) is 0 Å². The van der Waals surface area contributed by atoms with Gasteiger partial charge in [0.05, 0.1) is 6.42 Å². The van der Waals surface area contributed by atoms with E-state index in [1.165, 1.54) is 6.07 Å². The quantitative estimate of drug-likeness (QED) is 0.795. The first-order valence-electron chi connectivity index (χ1n) is 6.46. The lowest BCUT2D eigenvalue weighted by Crippen LogP contribution is -2.29. The number of carbonyl (C=O) groups is 1. The van der Waals surface area contributed by atoms with Crippen LogP contribution >= 0.6 is 0 Å². The van der Waals surface area contributed by atoms with E-state index in [2.05, 4.69) is 0 Å². The second-order valence-electron chi connectivity index (χ2n) is 4.89. The summed E-state index contributed by atoms with van der Waals surface area (Å²) >= 11 is 0. The molecule has 1 aromatic rings. The maximum atomic E-state index is 13.3. The molecular formula is C14H20F2N2O2. The number of aliphatic carboxylic acids is 1. The number of rotatable bonds is 8. The Balaban J connectivity index is 2.73. The Morgan fingerprint density at radius 2 is 1.85 bits per heavy atom. The lowest BCUT2D eigenvalue weighted by molar-refractivity contribution is -0.136. The van der Waals surface area contributed by atoms with Crippen LogP contribution in [0, 0.1) is 11.6 Å². The van der Waals surface area contributed by atoms with Gasteiger partial charge in [0.15, 0.2) is 11.6 Å². The molecule has 0 aromatic heterocycles. The summed E-state index contributed by atoms with van der Waals surface area (Å²) in [7, 11) is 3.89. The molecule has 0 fully saturated rings. The molecule has 1 N–H and O–H groups in total. The summed E-state index contributed by atoms with van der Waals surface area (Å²) in [5.74, 6) is -2.74. The van der Waals surface area contributed by atoms with Crippen LogP contribution in [0.2, 0.25) is 0 Å². The molecule has 20 heavy (non-hydrogen) atoms. The second-order valence-corrected chi connectivity index (χ2v) is 4.89. The molecular weight excluding hydrogens is 266 g/mol. The van der Waals surface area contributed by atoms with Crippen molar-refractivity contribution >= 4 is 11.7 Å². The van der Waals surface area contributed by atoms with Gasteiger partial charge in [-0.05, 0) is 39.2 Å². The fraction of sp³-hybridized carbons (Fsp3) is 0.500. The topological polar surface area (TPSA) is 43.8 Å². The maximum absolute atomic E-state index is 13.3. The Hall–Kier alpha value is -1.69.